The highest BCUT2D eigenvalue weighted by molar-refractivity contribution is 5.83. The lowest BCUT2D eigenvalue weighted by molar-refractivity contribution is -0.146. The Bertz CT molecular complexity index is 847. The summed E-state index contributed by atoms with van der Waals surface area (Å²) in [5, 5.41) is 3.41. The molecule has 9 heteroatoms. The zero-order chi connectivity index (χ0) is 23.1. The van der Waals surface area contributed by atoms with Crippen LogP contribution in [0.2, 0.25) is 0 Å². The fraction of sp³-hybridized carbons (Fsp3) is 0.739. The molecule has 0 bridgehead atoms. The molecule has 4 atom stereocenters. The lowest BCUT2D eigenvalue weighted by Crippen LogP contribution is -2.50. The largest absolute Gasteiger partial charge is 0.417 e. The van der Waals surface area contributed by atoms with Gasteiger partial charge in [0.1, 0.15) is 6.17 Å². The monoisotopic (exact) mass is 457 g/mol. The molecule has 0 radical (unpaired) electrons. The number of pyridine rings is 1. The third-order valence-corrected chi connectivity index (χ3v) is 7.47. The summed E-state index contributed by atoms with van der Waals surface area (Å²) in [7, 11) is 0. The highest BCUT2D eigenvalue weighted by atomic mass is 19.4. The molecule has 1 saturated carbocycles. The summed E-state index contributed by atoms with van der Waals surface area (Å²) in [5.41, 5.74) is -0.290. The highest BCUT2D eigenvalue weighted by Gasteiger charge is 2.50. The molecule has 32 heavy (non-hydrogen) atoms. The minimum absolute atomic E-state index is 0.0105. The van der Waals surface area contributed by atoms with Gasteiger partial charge < -0.3 is 15.0 Å². The van der Waals surface area contributed by atoms with Gasteiger partial charge in [-0.05, 0) is 43.2 Å². The molecule has 1 aromatic heterocycles. The highest BCUT2D eigenvalue weighted by Crippen LogP contribution is 2.47. The van der Waals surface area contributed by atoms with E-state index in [1.165, 1.54) is 0 Å². The lowest BCUT2D eigenvalue weighted by atomic mass is 9.74. The molecule has 0 unspecified atom stereocenters. The number of nitrogens with one attached hydrogen (secondary N) is 1. The maximum atomic E-state index is 14.2. The number of nitrogens with zero attached hydrogens (tertiary/aromatic N) is 2. The molecule has 5 nitrogen and oxygen atoms in total. The molecule has 178 valence electrons. The predicted octanol–water partition coefficient (Wildman–Crippen LogP) is 3.90. The van der Waals surface area contributed by atoms with Crippen molar-refractivity contribution in [2.24, 2.45) is 11.3 Å². The molecule has 2 aliphatic heterocycles. The van der Waals surface area contributed by atoms with Gasteiger partial charge in [-0.3, -0.25) is 9.78 Å². The minimum Gasteiger partial charge on any atom is -0.378 e. The summed E-state index contributed by atoms with van der Waals surface area (Å²) in [4.78, 5) is 19.4. The molecule has 2 fully saturated rings. The lowest BCUT2D eigenvalue weighted by Gasteiger charge is -2.40. The standard InChI is InChI=1S/C23H31F4N3O2/c1-14(2)22(6-3-17(10-22)29-20-5-8-32-13-18(20)24)21(31)30-7-4-19-15(12-30)9-16(11-28-19)23(25,26)27/h9,11,14,17-18,20,29H,3-8,10,12-13H2,1-2H3/t17-,18+,20+,22+/m1/s1. The number of hydrogen-bond donors (Lipinski definition) is 1. The second-order valence-corrected chi connectivity index (χ2v) is 9.71. The van der Waals surface area contributed by atoms with Crippen molar-refractivity contribution in [2.45, 2.75) is 76.9 Å². The number of ether oxygens (including phenoxy) is 1. The van der Waals surface area contributed by atoms with Crippen LogP contribution in [0.15, 0.2) is 12.3 Å². The van der Waals surface area contributed by atoms with E-state index in [0.29, 0.717) is 50.1 Å². The Hall–Kier alpha value is -1.74. The Morgan fingerprint density at radius 2 is 2.12 bits per heavy atom. The van der Waals surface area contributed by atoms with Crippen LogP contribution in [-0.4, -0.2) is 53.8 Å². The smallest absolute Gasteiger partial charge is 0.378 e. The Balaban J connectivity index is 1.48. The van der Waals surface area contributed by atoms with Crippen molar-refractivity contribution < 1.29 is 27.1 Å². The van der Waals surface area contributed by atoms with Crippen LogP contribution in [0.25, 0.3) is 0 Å². The minimum atomic E-state index is -4.46. The molecule has 1 aliphatic carbocycles. The van der Waals surface area contributed by atoms with Gasteiger partial charge in [-0.25, -0.2) is 4.39 Å². The molecule has 3 heterocycles. The Morgan fingerprint density at radius 1 is 1.34 bits per heavy atom. The summed E-state index contributed by atoms with van der Waals surface area (Å²) in [6, 6.07) is 0.897. The molecule has 0 spiro atoms. The van der Waals surface area contributed by atoms with Gasteiger partial charge in [0.05, 0.1) is 17.6 Å². The van der Waals surface area contributed by atoms with Crippen molar-refractivity contribution in [3.8, 4) is 0 Å². The normalized spacial score (nSPS) is 31.1. The molecule has 0 aromatic carbocycles. The van der Waals surface area contributed by atoms with Crippen molar-refractivity contribution in [1.82, 2.24) is 15.2 Å². The van der Waals surface area contributed by atoms with Crippen LogP contribution in [0.3, 0.4) is 0 Å². The molecular weight excluding hydrogens is 426 g/mol. The van der Waals surface area contributed by atoms with Gasteiger partial charge in [0.15, 0.2) is 0 Å². The average molecular weight is 458 g/mol. The molecule has 3 aliphatic rings. The third kappa shape index (κ3) is 4.51. The third-order valence-electron chi connectivity index (χ3n) is 7.47. The van der Waals surface area contributed by atoms with E-state index in [2.05, 4.69) is 10.3 Å². The first-order valence-electron chi connectivity index (χ1n) is 11.4. The number of fused-ring (bicyclic) bond motifs is 1. The van der Waals surface area contributed by atoms with E-state index >= 15 is 0 Å². The molecule has 4 rings (SSSR count). The molecule has 1 N–H and O–H groups in total. The van der Waals surface area contributed by atoms with E-state index in [1.807, 2.05) is 13.8 Å². The fourth-order valence-electron chi connectivity index (χ4n) is 5.45. The maximum absolute atomic E-state index is 14.2. The summed E-state index contributed by atoms with van der Waals surface area (Å²) >= 11 is 0. The van der Waals surface area contributed by atoms with E-state index in [9.17, 15) is 22.4 Å². The van der Waals surface area contributed by atoms with Gasteiger partial charge in [0.25, 0.3) is 0 Å². The topological polar surface area (TPSA) is 54.5 Å². The van der Waals surface area contributed by atoms with E-state index in [-0.39, 0.29) is 37.1 Å². The summed E-state index contributed by atoms with van der Waals surface area (Å²) in [6.07, 6.45) is -1.52. The van der Waals surface area contributed by atoms with Crippen molar-refractivity contribution in [1.29, 1.82) is 0 Å². The van der Waals surface area contributed by atoms with E-state index < -0.39 is 23.3 Å². The van der Waals surface area contributed by atoms with Gasteiger partial charge in [-0.1, -0.05) is 13.8 Å². The summed E-state index contributed by atoms with van der Waals surface area (Å²) < 4.78 is 58.8. The number of rotatable bonds is 4. The fourth-order valence-corrected chi connectivity index (χ4v) is 5.45. The Morgan fingerprint density at radius 3 is 2.81 bits per heavy atom. The SMILES string of the molecule is CC(C)[C@]1(C(=O)N2CCc3ncc(C(F)(F)F)cc3C2)CC[C@@H](N[C@H]2CCOC[C@@H]2F)C1. The first-order valence-corrected chi connectivity index (χ1v) is 11.4. The van der Waals surface area contributed by atoms with Gasteiger partial charge >= 0.3 is 6.18 Å². The Kier molecular flexibility index (Phi) is 6.51. The zero-order valence-corrected chi connectivity index (χ0v) is 18.6. The number of alkyl halides is 4. The average Bonchev–Trinajstić information content (AvgIpc) is 3.19. The quantitative estimate of drug-likeness (QED) is 0.697. The van der Waals surface area contributed by atoms with E-state index in [0.717, 1.165) is 18.7 Å². The van der Waals surface area contributed by atoms with Crippen LogP contribution in [0, 0.1) is 11.3 Å². The number of amides is 1. The zero-order valence-electron chi connectivity index (χ0n) is 18.6. The van der Waals surface area contributed by atoms with Crippen LogP contribution in [0.4, 0.5) is 17.6 Å². The number of carbonyl (C=O) groups is 1. The van der Waals surface area contributed by atoms with Crippen LogP contribution < -0.4 is 5.32 Å². The van der Waals surface area contributed by atoms with Crippen LogP contribution in [0.5, 0.6) is 0 Å². The summed E-state index contributed by atoms with van der Waals surface area (Å²) in [6.45, 7) is 5.26. The first kappa shape index (κ1) is 23.4. The molecular formula is C23H31F4N3O2. The van der Waals surface area contributed by atoms with Gasteiger partial charge in [-0.2, -0.15) is 13.2 Å². The number of halogens is 4. The van der Waals surface area contributed by atoms with Crippen LogP contribution in [-0.2, 0) is 28.7 Å². The van der Waals surface area contributed by atoms with Gasteiger partial charge in [0.2, 0.25) is 5.91 Å². The number of carbonyl (C=O) groups excluding carboxylic acids is 1. The summed E-state index contributed by atoms with van der Waals surface area (Å²) in [5.74, 6) is 0.0577. The van der Waals surface area contributed by atoms with Crippen LogP contribution >= 0.6 is 0 Å². The first-order chi connectivity index (χ1) is 15.1. The van der Waals surface area contributed by atoms with Crippen molar-refractivity contribution in [2.75, 3.05) is 19.8 Å². The molecule has 1 amide bonds. The van der Waals surface area contributed by atoms with Crippen molar-refractivity contribution in [3.05, 3.63) is 29.1 Å². The van der Waals surface area contributed by atoms with Gasteiger partial charge in [0, 0.05) is 50.1 Å². The maximum Gasteiger partial charge on any atom is 0.417 e. The Labute approximate surface area is 185 Å². The molecule has 1 saturated heterocycles. The second-order valence-electron chi connectivity index (χ2n) is 9.71. The molecule has 1 aromatic rings. The number of hydrogen-bond acceptors (Lipinski definition) is 4. The number of aromatic nitrogens is 1. The van der Waals surface area contributed by atoms with Crippen LogP contribution in [0.1, 0.15) is 56.4 Å². The second kappa shape index (κ2) is 8.89. The van der Waals surface area contributed by atoms with Crippen molar-refractivity contribution in [3.63, 3.8) is 0 Å². The van der Waals surface area contributed by atoms with Crippen molar-refractivity contribution >= 4 is 5.91 Å². The predicted molar refractivity (Wildman–Crippen MR) is 111 cm³/mol. The van der Waals surface area contributed by atoms with E-state index in [1.54, 1.807) is 4.90 Å². The van der Waals surface area contributed by atoms with E-state index in [4.69, 9.17) is 4.74 Å². The van der Waals surface area contributed by atoms with Gasteiger partial charge in [-0.15, -0.1) is 0 Å².